The molecule has 1 aliphatic rings. The summed E-state index contributed by atoms with van der Waals surface area (Å²) in [5.74, 6) is 0. The van der Waals surface area contributed by atoms with Crippen LogP contribution < -0.4 is 9.80 Å². The Bertz CT molecular complexity index is 1440. The number of pyridine rings is 1. The number of anilines is 4. The van der Waals surface area contributed by atoms with Crippen LogP contribution in [0.15, 0.2) is 83.3 Å². The average molecular weight is 406 g/mol. The third-order valence-corrected chi connectivity index (χ3v) is 6.25. The maximum atomic E-state index is 6.39. The van der Waals surface area contributed by atoms with Gasteiger partial charge in [-0.1, -0.05) is 42.5 Å². The molecule has 152 valence electrons. The zero-order valence-corrected chi connectivity index (χ0v) is 17.8. The van der Waals surface area contributed by atoms with Crippen LogP contribution in [0.25, 0.3) is 22.1 Å². The van der Waals surface area contributed by atoms with E-state index in [-0.39, 0.29) is 6.17 Å². The highest BCUT2D eigenvalue weighted by molar-refractivity contribution is 6.10. The molecule has 3 heterocycles. The van der Waals surface area contributed by atoms with Gasteiger partial charge in [0.2, 0.25) is 5.71 Å². The molecule has 0 saturated heterocycles. The number of para-hydroxylation sites is 3. The van der Waals surface area contributed by atoms with Gasteiger partial charge in [-0.25, -0.2) is 4.98 Å². The highest BCUT2D eigenvalue weighted by Gasteiger charge is 2.36. The molecule has 0 radical (unpaired) electrons. The van der Waals surface area contributed by atoms with E-state index in [0.717, 1.165) is 27.7 Å². The fourth-order valence-electron chi connectivity index (χ4n) is 4.84. The van der Waals surface area contributed by atoms with E-state index in [4.69, 9.17) is 4.42 Å². The lowest BCUT2D eigenvalue weighted by molar-refractivity contribution is 0.648. The third-order valence-electron chi connectivity index (χ3n) is 6.25. The number of aryl methyl sites for hydroxylation is 2. The van der Waals surface area contributed by atoms with Gasteiger partial charge in [0, 0.05) is 22.2 Å². The predicted octanol–water partition coefficient (Wildman–Crippen LogP) is 7.23. The van der Waals surface area contributed by atoms with Crippen LogP contribution in [-0.4, -0.2) is 11.1 Å². The summed E-state index contributed by atoms with van der Waals surface area (Å²) in [4.78, 5) is 9.43. The van der Waals surface area contributed by atoms with Crippen LogP contribution >= 0.6 is 0 Å². The van der Waals surface area contributed by atoms with Crippen molar-refractivity contribution in [3.63, 3.8) is 0 Å². The summed E-state index contributed by atoms with van der Waals surface area (Å²) in [5, 5.41) is 2.16. The average Bonchev–Trinajstić information content (AvgIpc) is 3.28. The maximum Gasteiger partial charge on any atom is 0.227 e. The minimum absolute atomic E-state index is 0.0898. The van der Waals surface area contributed by atoms with Gasteiger partial charge in [-0.2, -0.15) is 0 Å². The summed E-state index contributed by atoms with van der Waals surface area (Å²) in [7, 11) is 0. The Labute approximate surface area is 181 Å². The fourth-order valence-corrected chi connectivity index (χ4v) is 4.84. The standard InChI is InChI=1S/C27H23N3O/c1-17-13-15-21-22-16-14-18(2)28-27(22)31-26(21)25(17)30-19(3)29(20-9-5-4-6-10-20)23-11-7-8-12-24(23)30/h4-16,19H,1-3H3. The summed E-state index contributed by atoms with van der Waals surface area (Å²) < 4.78 is 6.39. The Morgan fingerprint density at radius 1 is 0.742 bits per heavy atom. The third kappa shape index (κ3) is 2.58. The number of rotatable bonds is 2. The van der Waals surface area contributed by atoms with Gasteiger partial charge in [-0.05, 0) is 62.7 Å². The first kappa shape index (κ1) is 18.0. The van der Waals surface area contributed by atoms with E-state index in [0.29, 0.717) is 5.71 Å². The van der Waals surface area contributed by atoms with Crippen molar-refractivity contribution in [3.8, 4) is 0 Å². The first-order valence-electron chi connectivity index (χ1n) is 10.7. The predicted molar refractivity (Wildman–Crippen MR) is 128 cm³/mol. The number of hydrogen-bond acceptors (Lipinski definition) is 4. The SMILES string of the molecule is Cc1ccc2c(n1)oc1c(N3c4ccccc4N(c4ccccc4)C3C)c(C)ccc12. The molecular formula is C27H23N3O. The largest absolute Gasteiger partial charge is 0.435 e. The van der Waals surface area contributed by atoms with Gasteiger partial charge >= 0.3 is 0 Å². The monoisotopic (exact) mass is 405 g/mol. The lowest BCUT2D eigenvalue weighted by atomic mass is 10.1. The maximum absolute atomic E-state index is 6.39. The molecule has 1 unspecified atom stereocenters. The van der Waals surface area contributed by atoms with Crippen molar-refractivity contribution >= 4 is 44.8 Å². The van der Waals surface area contributed by atoms with Gasteiger partial charge in [-0.3, -0.25) is 0 Å². The summed E-state index contributed by atoms with van der Waals surface area (Å²) >= 11 is 0. The van der Waals surface area contributed by atoms with Crippen molar-refractivity contribution in [2.75, 3.05) is 9.80 Å². The van der Waals surface area contributed by atoms with E-state index in [1.165, 1.54) is 22.6 Å². The van der Waals surface area contributed by atoms with Crippen molar-refractivity contribution < 1.29 is 4.42 Å². The molecule has 2 aromatic heterocycles. The van der Waals surface area contributed by atoms with Crippen molar-refractivity contribution in [2.24, 2.45) is 0 Å². The van der Waals surface area contributed by atoms with E-state index < -0.39 is 0 Å². The molecule has 1 aliphatic heterocycles. The lowest BCUT2D eigenvalue weighted by Crippen LogP contribution is -2.35. The van der Waals surface area contributed by atoms with E-state index in [1.807, 2.05) is 13.0 Å². The zero-order valence-electron chi connectivity index (χ0n) is 17.8. The Balaban J connectivity index is 1.62. The number of hydrogen-bond donors (Lipinski definition) is 0. The number of benzene rings is 3. The second kappa shape index (κ2) is 6.61. The smallest absolute Gasteiger partial charge is 0.227 e. The number of fused-ring (bicyclic) bond motifs is 4. The topological polar surface area (TPSA) is 32.5 Å². The van der Waals surface area contributed by atoms with Gasteiger partial charge in [0.1, 0.15) is 6.17 Å². The quantitative estimate of drug-likeness (QED) is 0.310. The molecule has 0 aliphatic carbocycles. The van der Waals surface area contributed by atoms with Crippen LogP contribution in [0, 0.1) is 13.8 Å². The molecule has 0 N–H and O–H groups in total. The lowest BCUT2D eigenvalue weighted by Gasteiger charge is -2.31. The first-order valence-corrected chi connectivity index (χ1v) is 10.7. The number of nitrogens with zero attached hydrogens (tertiary/aromatic N) is 3. The van der Waals surface area contributed by atoms with Crippen molar-refractivity contribution in [1.82, 2.24) is 4.98 Å². The molecular weight excluding hydrogens is 382 g/mol. The van der Waals surface area contributed by atoms with Crippen LogP contribution in [-0.2, 0) is 0 Å². The molecule has 4 heteroatoms. The first-order chi connectivity index (χ1) is 15.1. The molecule has 6 rings (SSSR count). The fraction of sp³-hybridized carbons (Fsp3) is 0.148. The van der Waals surface area contributed by atoms with Crippen molar-refractivity contribution in [2.45, 2.75) is 26.9 Å². The summed E-state index contributed by atoms with van der Waals surface area (Å²) in [6.45, 7) is 6.40. The van der Waals surface area contributed by atoms with Gasteiger partial charge in [-0.15, -0.1) is 0 Å². The van der Waals surface area contributed by atoms with E-state index >= 15 is 0 Å². The summed E-state index contributed by atoms with van der Waals surface area (Å²) in [6.07, 6.45) is 0.0898. The van der Waals surface area contributed by atoms with Crippen LogP contribution in [0.5, 0.6) is 0 Å². The summed E-state index contributed by atoms with van der Waals surface area (Å²) in [5.41, 5.74) is 8.39. The van der Waals surface area contributed by atoms with Crippen LogP contribution in [0.1, 0.15) is 18.2 Å². The van der Waals surface area contributed by atoms with E-state index in [9.17, 15) is 0 Å². The normalized spacial score (nSPS) is 15.8. The van der Waals surface area contributed by atoms with Gasteiger partial charge in [0.15, 0.2) is 5.58 Å². The van der Waals surface area contributed by atoms with Gasteiger partial charge < -0.3 is 14.2 Å². The van der Waals surface area contributed by atoms with Crippen LogP contribution in [0.4, 0.5) is 22.7 Å². The summed E-state index contributed by atoms with van der Waals surface area (Å²) in [6, 6.07) is 27.7. The van der Waals surface area contributed by atoms with Gasteiger partial charge in [0.05, 0.1) is 17.1 Å². The minimum atomic E-state index is 0.0898. The Hall–Kier alpha value is -3.79. The zero-order chi connectivity index (χ0) is 21.1. The highest BCUT2D eigenvalue weighted by Crippen LogP contribution is 2.50. The molecule has 4 nitrogen and oxygen atoms in total. The van der Waals surface area contributed by atoms with Crippen molar-refractivity contribution in [1.29, 1.82) is 0 Å². The number of furan rings is 1. The second-order valence-corrected chi connectivity index (χ2v) is 8.21. The molecule has 3 aromatic carbocycles. The van der Waals surface area contributed by atoms with Crippen LogP contribution in [0.2, 0.25) is 0 Å². The number of aromatic nitrogens is 1. The molecule has 1 atom stereocenters. The minimum Gasteiger partial charge on any atom is -0.435 e. The molecule has 5 aromatic rings. The molecule has 0 amide bonds. The van der Waals surface area contributed by atoms with Crippen molar-refractivity contribution in [3.05, 3.63) is 90.1 Å². The Morgan fingerprint density at radius 3 is 2.19 bits per heavy atom. The second-order valence-electron chi connectivity index (χ2n) is 8.21. The van der Waals surface area contributed by atoms with E-state index in [2.05, 4.69) is 101 Å². The Morgan fingerprint density at radius 2 is 1.42 bits per heavy atom. The molecule has 0 fully saturated rings. The van der Waals surface area contributed by atoms with Gasteiger partial charge in [0.25, 0.3) is 0 Å². The molecule has 0 spiro atoms. The molecule has 0 bridgehead atoms. The Kier molecular flexibility index (Phi) is 3.84. The van der Waals surface area contributed by atoms with Crippen LogP contribution in [0.3, 0.4) is 0 Å². The molecule has 0 saturated carbocycles. The van der Waals surface area contributed by atoms with E-state index in [1.54, 1.807) is 0 Å². The highest BCUT2D eigenvalue weighted by atomic mass is 16.3. The molecule has 31 heavy (non-hydrogen) atoms.